The molecule has 0 aromatic carbocycles. The maximum Gasteiger partial charge on any atom is 0.226 e. The second-order valence-corrected chi connectivity index (χ2v) is 5.11. The van der Waals surface area contributed by atoms with E-state index in [2.05, 4.69) is 0 Å². The predicted molar refractivity (Wildman–Crippen MR) is 56.2 cm³/mol. The van der Waals surface area contributed by atoms with Crippen molar-refractivity contribution in [1.82, 2.24) is 4.90 Å². The highest BCUT2D eigenvalue weighted by Crippen LogP contribution is 2.37. The SMILES string of the molecule is O=C1CC2CCOC(C3CCCCC3)N12. The van der Waals surface area contributed by atoms with Crippen LogP contribution in [-0.2, 0) is 9.53 Å². The van der Waals surface area contributed by atoms with E-state index in [4.69, 9.17) is 4.74 Å². The van der Waals surface area contributed by atoms with Gasteiger partial charge in [-0.1, -0.05) is 19.3 Å². The minimum Gasteiger partial charge on any atom is -0.358 e. The molecule has 2 saturated heterocycles. The number of amides is 1. The summed E-state index contributed by atoms with van der Waals surface area (Å²) < 4.78 is 5.83. The molecule has 0 aromatic rings. The van der Waals surface area contributed by atoms with Crippen LogP contribution in [0.4, 0.5) is 0 Å². The fraction of sp³-hybridized carbons (Fsp3) is 0.917. The number of hydrogen-bond acceptors (Lipinski definition) is 2. The summed E-state index contributed by atoms with van der Waals surface area (Å²) in [5, 5.41) is 0. The summed E-state index contributed by atoms with van der Waals surface area (Å²) in [4.78, 5) is 13.6. The Kier molecular flexibility index (Phi) is 2.43. The number of ether oxygens (including phenoxy) is 1. The van der Waals surface area contributed by atoms with Crippen LogP contribution in [0.5, 0.6) is 0 Å². The monoisotopic (exact) mass is 209 g/mol. The van der Waals surface area contributed by atoms with E-state index in [0.717, 1.165) is 19.4 Å². The molecule has 2 unspecified atom stereocenters. The number of nitrogens with zero attached hydrogens (tertiary/aromatic N) is 1. The molecule has 3 heteroatoms. The average molecular weight is 209 g/mol. The van der Waals surface area contributed by atoms with Crippen LogP contribution in [0.1, 0.15) is 44.9 Å². The highest BCUT2D eigenvalue weighted by Gasteiger charge is 2.46. The topological polar surface area (TPSA) is 29.5 Å². The lowest BCUT2D eigenvalue weighted by molar-refractivity contribution is -0.200. The van der Waals surface area contributed by atoms with Crippen molar-refractivity contribution < 1.29 is 9.53 Å². The van der Waals surface area contributed by atoms with Gasteiger partial charge in [-0.15, -0.1) is 0 Å². The van der Waals surface area contributed by atoms with E-state index in [0.29, 0.717) is 17.9 Å². The van der Waals surface area contributed by atoms with E-state index >= 15 is 0 Å². The van der Waals surface area contributed by atoms with Crippen LogP contribution >= 0.6 is 0 Å². The van der Waals surface area contributed by atoms with Crippen molar-refractivity contribution in [3.63, 3.8) is 0 Å². The molecule has 2 heterocycles. The van der Waals surface area contributed by atoms with Gasteiger partial charge in [0.1, 0.15) is 6.23 Å². The number of β-lactam (4-membered cyclic amide) rings is 1. The molecule has 3 rings (SSSR count). The molecule has 1 amide bonds. The zero-order chi connectivity index (χ0) is 10.3. The summed E-state index contributed by atoms with van der Waals surface area (Å²) in [6.07, 6.45) is 8.45. The lowest BCUT2D eigenvalue weighted by Crippen LogP contribution is -2.63. The molecule has 0 N–H and O–H groups in total. The van der Waals surface area contributed by atoms with E-state index in [1.807, 2.05) is 4.90 Å². The molecule has 3 fully saturated rings. The van der Waals surface area contributed by atoms with Crippen molar-refractivity contribution in [3.05, 3.63) is 0 Å². The molecule has 1 saturated carbocycles. The summed E-state index contributed by atoms with van der Waals surface area (Å²) >= 11 is 0. The second kappa shape index (κ2) is 3.78. The molecular formula is C12H19NO2. The van der Waals surface area contributed by atoms with Gasteiger partial charge in [-0.3, -0.25) is 4.79 Å². The molecule has 0 aromatic heterocycles. The summed E-state index contributed by atoms with van der Waals surface area (Å²) in [7, 11) is 0. The molecule has 0 bridgehead atoms. The number of fused-ring (bicyclic) bond motifs is 1. The highest BCUT2D eigenvalue weighted by molar-refractivity contribution is 5.83. The molecule has 84 valence electrons. The van der Waals surface area contributed by atoms with E-state index in [1.54, 1.807) is 0 Å². The van der Waals surface area contributed by atoms with Gasteiger partial charge < -0.3 is 9.64 Å². The van der Waals surface area contributed by atoms with Gasteiger partial charge in [-0.25, -0.2) is 0 Å². The van der Waals surface area contributed by atoms with Crippen LogP contribution < -0.4 is 0 Å². The average Bonchev–Trinajstić information content (AvgIpc) is 2.28. The quantitative estimate of drug-likeness (QED) is 0.617. The lowest BCUT2D eigenvalue weighted by Gasteiger charge is -2.51. The smallest absolute Gasteiger partial charge is 0.226 e. The Morgan fingerprint density at radius 3 is 2.67 bits per heavy atom. The third-order valence-electron chi connectivity index (χ3n) is 4.16. The molecule has 2 aliphatic heterocycles. The van der Waals surface area contributed by atoms with Crippen LogP contribution in [0.25, 0.3) is 0 Å². The zero-order valence-electron chi connectivity index (χ0n) is 9.15. The zero-order valence-corrected chi connectivity index (χ0v) is 9.15. The first-order valence-corrected chi connectivity index (χ1v) is 6.29. The molecule has 15 heavy (non-hydrogen) atoms. The van der Waals surface area contributed by atoms with Crippen LogP contribution in [0.2, 0.25) is 0 Å². The van der Waals surface area contributed by atoms with E-state index in [-0.39, 0.29) is 6.23 Å². The largest absolute Gasteiger partial charge is 0.358 e. The van der Waals surface area contributed by atoms with Crippen LogP contribution in [0, 0.1) is 5.92 Å². The van der Waals surface area contributed by atoms with Gasteiger partial charge in [0.2, 0.25) is 5.91 Å². The molecule has 0 spiro atoms. The Bertz CT molecular complexity index is 260. The molecule has 0 radical (unpaired) electrons. The Balaban J connectivity index is 1.70. The summed E-state index contributed by atoms with van der Waals surface area (Å²) in [5.74, 6) is 0.932. The first-order valence-electron chi connectivity index (χ1n) is 6.29. The normalized spacial score (nSPS) is 37.3. The van der Waals surface area contributed by atoms with Gasteiger partial charge in [-0.05, 0) is 19.3 Å². The standard InChI is InChI=1S/C12H19NO2/c14-11-8-10-6-7-15-12(13(10)11)9-4-2-1-3-5-9/h9-10,12H,1-8H2. The number of rotatable bonds is 1. The van der Waals surface area contributed by atoms with Gasteiger partial charge in [0.15, 0.2) is 0 Å². The maximum absolute atomic E-state index is 11.6. The van der Waals surface area contributed by atoms with E-state index in [9.17, 15) is 4.79 Å². The lowest BCUT2D eigenvalue weighted by atomic mass is 9.84. The number of carbonyl (C=O) groups is 1. The Labute approximate surface area is 90.8 Å². The van der Waals surface area contributed by atoms with Crippen LogP contribution in [-0.4, -0.2) is 29.7 Å². The van der Waals surface area contributed by atoms with Gasteiger partial charge in [0, 0.05) is 18.4 Å². The fourth-order valence-corrected chi connectivity index (χ4v) is 3.28. The van der Waals surface area contributed by atoms with E-state index < -0.39 is 0 Å². The van der Waals surface area contributed by atoms with Crippen molar-refractivity contribution in [1.29, 1.82) is 0 Å². The number of carbonyl (C=O) groups excluding carboxylic acids is 1. The van der Waals surface area contributed by atoms with Crippen molar-refractivity contribution >= 4 is 5.91 Å². The minimum atomic E-state index is 0.130. The predicted octanol–water partition coefficient (Wildman–Crippen LogP) is 1.91. The molecular weight excluding hydrogens is 190 g/mol. The van der Waals surface area contributed by atoms with Crippen molar-refractivity contribution in [2.45, 2.75) is 57.2 Å². The van der Waals surface area contributed by atoms with Gasteiger partial charge >= 0.3 is 0 Å². The third kappa shape index (κ3) is 1.57. The molecule has 3 nitrogen and oxygen atoms in total. The molecule has 3 aliphatic rings. The Hall–Kier alpha value is -0.570. The number of hydrogen-bond donors (Lipinski definition) is 0. The first kappa shape index (κ1) is 9.64. The first-order chi connectivity index (χ1) is 7.36. The van der Waals surface area contributed by atoms with Crippen molar-refractivity contribution in [2.75, 3.05) is 6.61 Å². The summed E-state index contributed by atoms with van der Waals surface area (Å²) in [6.45, 7) is 0.857. The van der Waals surface area contributed by atoms with Crippen LogP contribution in [0.15, 0.2) is 0 Å². The Morgan fingerprint density at radius 2 is 1.93 bits per heavy atom. The van der Waals surface area contributed by atoms with E-state index in [1.165, 1.54) is 32.1 Å². The summed E-state index contributed by atoms with van der Waals surface area (Å²) in [5.41, 5.74) is 0. The summed E-state index contributed by atoms with van der Waals surface area (Å²) in [6, 6.07) is 0.512. The van der Waals surface area contributed by atoms with Gasteiger partial charge in [0.25, 0.3) is 0 Å². The van der Waals surface area contributed by atoms with Crippen molar-refractivity contribution in [2.24, 2.45) is 5.92 Å². The van der Waals surface area contributed by atoms with Gasteiger partial charge in [-0.2, -0.15) is 0 Å². The minimum absolute atomic E-state index is 0.130. The maximum atomic E-state index is 11.6. The Morgan fingerprint density at radius 1 is 1.13 bits per heavy atom. The molecule has 2 atom stereocenters. The fourth-order valence-electron chi connectivity index (χ4n) is 3.28. The highest BCUT2D eigenvalue weighted by atomic mass is 16.5. The third-order valence-corrected chi connectivity index (χ3v) is 4.16. The van der Waals surface area contributed by atoms with Gasteiger partial charge in [0.05, 0.1) is 6.61 Å². The molecule has 1 aliphatic carbocycles. The van der Waals surface area contributed by atoms with Crippen LogP contribution in [0.3, 0.4) is 0 Å². The second-order valence-electron chi connectivity index (χ2n) is 5.11. The van der Waals surface area contributed by atoms with Crippen molar-refractivity contribution in [3.8, 4) is 0 Å².